The number of carbonyl (C=O) groups excluding carboxylic acids is 13. The van der Waals surface area contributed by atoms with Crippen LogP contribution in [0.2, 0.25) is 0 Å². The lowest BCUT2D eigenvalue weighted by Crippen LogP contribution is -2.62. The summed E-state index contributed by atoms with van der Waals surface area (Å²) in [6, 6.07) is -7.75. The Kier molecular flexibility index (Phi) is 32.9. The van der Waals surface area contributed by atoms with Gasteiger partial charge in [-0.05, 0) is 114 Å². The number of carbonyl (C=O) groups is 14. The number of rotatable bonds is 30. The van der Waals surface area contributed by atoms with Gasteiger partial charge in [-0.3, -0.25) is 72.3 Å². The van der Waals surface area contributed by atoms with Crippen LogP contribution in [0.5, 0.6) is 0 Å². The summed E-state index contributed by atoms with van der Waals surface area (Å²) in [4.78, 5) is 220. The minimum Gasteiger partial charge on any atom is -0.480 e. The zero-order valence-electron chi connectivity index (χ0n) is 59.7. The highest BCUT2D eigenvalue weighted by Gasteiger charge is 2.44. The molecule has 1 aromatic carbocycles. The molecule has 5 saturated heterocycles. The minimum atomic E-state index is -1.62. The van der Waals surface area contributed by atoms with Crippen molar-refractivity contribution in [3.63, 3.8) is 0 Å². The van der Waals surface area contributed by atoms with E-state index in [1.807, 2.05) is 0 Å². The number of unbranched alkanes of at least 4 members (excludes halogenated alkanes) is 1. The Morgan fingerprint density at radius 2 is 1.33 bits per heavy atom. The summed E-state index contributed by atoms with van der Waals surface area (Å²) in [5.41, 5.74) is 29.2. The fourth-order valence-corrected chi connectivity index (χ4v) is 15.5. The number of amides is 13. The molecule has 582 valence electrons. The molecule has 6 heterocycles. The zero-order chi connectivity index (χ0) is 77.0. The molecule has 0 spiro atoms. The molecular weight excluding hydrogens is 1420 g/mol. The zero-order valence-corrected chi connectivity index (χ0v) is 61.3. The molecule has 0 saturated carbocycles. The van der Waals surface area contributed by atoms with Crippen molar-refractivity contribution in [1.82, 2.24) is 77.8 Å². The number of aromatic amines is 1. The van der Waals surface area contributed by atoms with Crippen LogP contribution in [0.4, 0.5) is 0 Å². The van der Waals surface area contributed by atoms with Crippen molar-refractivity contribution in [2.75, 3.05) is 57.3 Å². The number of nitrogens with one attached hydrogen (secondary N) is 11. The lowest BCUT2D eigenvalue weighted by molar-refractivity contribution is -0.144. The van der Waals surface area contributed by atoms with Crippen LogP contribution in [0.3, 0.4) is 0 Å². The molecule has 22 N–H and O–H groups in total. The van der Waals surface area contributed by atoms with E-state index in [1.165, 1.54) is 27.2 Å². The van der Waals surface area contributed by atoms with E-state index in [-0.39, 0.29) is 164 Å². The Morgan fingerprint density at radius 1 is 0.670 bits per heavy atom. The maximum Gasteiger partial charge on any atom is 0.326 e. The molecule has 12 atom stereocenters. The molecule has 13 amide bonds. The van der Waals surface area contributed by atoms with Gasteiger partial charge in [0.1, 0.15) is 72.5 Å². The summed E-state index contributed by atoms with van der Waals surface area (Å²) in [7, 11) is 1.89. The van der Waals surface area contributed by atoms with Gasteiger partial charge >= 0.3 is 5.97 Å². The molecule has 0 unspecified atom stereocenters. The SMILES string of the molecule is CC(C)C[C@H](NC(=O)[C@H](CCCN=C(N)N)NC(=O)[C@@H]1CCCN1C(=O)[C@H](CCCN=C(N)N)NC(=O)[C@@H]1CCC(=O)N1)C(=O)N[C@H]1CSSC[C@@H](C(=O)N[C@@H](Cc2ccccc2)C(=O)O)NC(=O)[C@@H]2CCCN(C1=O)[C@@H](Cc1cnc[nH]1)C(=O)N[C@@H](CCCCN)C(=O)NCC(=O)N1CCC[C@H]1C(=O)N2. The molecule has 0 radical (unpaired) electrons. The number of carboxylic acids is 1. The normalized spacial score (nSPS) is 23.2. The summed E-state index contributed by atoms with van der Waals surface area (Å²) in [5, 5.41) is 37.6. The van der Waals surface area contributed by atoms with Crippen molar-refractivity contribution in [3.8, 4) is 0 Å². The van der Waals surface area contributed by atoms with Gasteiger partial charge in [0, 0.05) is 75.4 Å². The monoisotopic (exact) mass is 1520 g/mol. The number of fused-ring (bicyclic) bond motifs is 5. The number of likely N-dealkylation sites (tertiary alicyclic amines) is 1. The first-order valence-electron chi connectivity index (χ1n) is 35.9. The molecule has 1 aromatic heterocycles. The van der Waals surface area contributed by atoms with Crippen molar-refractivity contribution in [3.05, 3.63) is 54.1 Å². The van der Waals surface area contributed by atoms with Gasteiger partial charge in [0.05, 0.1) is 12.9 Å². The van der Waals surface area contributed by atoms with E-state index in [0.29, 0.717) is 36.9 Å². The van der Waals surface area contributed by atoms with E-state index in [4.69, 9.17) is 28.7 Å². The quantitative estimate of drug-likeness (QED) is 0.0151. The minimum absolute atomic E-state index is 0.00346. The topological polar surface area (TPSA) is 573 Å². The number of H-pyrrole nitrogens is 1. The second-order valence-corrected chi connectivity index (χ2v) is 29.7. The van der Waals surface area contributed by atoms with Crippen LogP contribution >= 0.6 is 21.6 Å². The number of aliphatic imine (C=N–C) groups is 2. The van der Waals surface area contributed by atoms with E-state index in [0.717, 1.165) is 21.6 Å². The summed E-state index contributed by atoms with van der Waals surface area (Å²) in [6.07, 6.45) is 4.21. The molecular formula is C67H102N22O15S2. The number of nitrogens with zero attached hydrogens (tertiary/aromatic N) is 6. The van der Waals surface area contributed by atoms with Gasteiger partial charge in [-0.25, -0.2) is 9.78 Å². The molecule has 7 rings (SSSR count). The second kappa shape index (κ2) is 41.8. The van der Waals surface area contributed by atoms with E-state index >= 15 is 19.2 Å². The number of guanidine groups is 2. The maximum absolute atomic E-state index is 16.1. The highest BCUT2D eigenvalue weighted by Crippen LogP contribution is 2.27. The molecule has 37 nitrogen and oxygen atoms in total. The number of benzene rings is 1. The first kappa shape index (κ1) is 83.5. The predicted octanol–water partition coefficient (Wildman–Crippen LogP) is -4.80. The number of aromatic nitrogens is 2. The van der Waals surface area contributed by atoms with Crippen LogP contribution in [0.15, 0.2) is 52.8 Å². The highest BCUT2D eigenvalue weighted by atomic mass is 33.1. The van der Waals surface area contributed by atoms with Crippen molar-refractivity contribution >= 4 is 116 Å². The summed E-state index contributed by atoms with van der Waals surface area (Å²) >= 11 is 0. The highest BCUT2D eigenvalue weighted by molar-refractivity contribution is 8.76. The second-order valence-electron chi connectivity index (χ2n) is 27.2. The number of nitrogens with two attached hydrogens (primary N) is 5. The Morgan fingerprint density at radius 3 is 1.99 bits per heavy atom. The lowest BCUT2D eigenvalue weighted by Gasteiger charge is -2.35. The van der Waals surface area contributed by atoms with Crippen LogP contribution in [0.1, 0.15) is 128 Å². The average Bonchev–Trinajstić information content (AvgIpc) is 0.863. The van der Waals surface area contributed by atoms with E-state index in [9.17, 15) is 53.1 Å². The average molecular weight is 1520 g/mol. The molecule has 0 aliphatic carbocycles. The Hall–Kier alpha value is -9.79. The Bertz CT molecular complexity index is 3470. The smallest absolute Gasteiger partial charge is 0.326 e. The maximum atomic E-state index is 16.1. The first-order chi connectivity index (χ1) is 50.7. The molecule has 39 heteroatoms. The molecule has 2 aromatic rings. The van der Waals surface area contributed by atoms with Crippen molar-refractivity contribution < 1.29 is 72.2 Å². The largest absolute Gasteiger partial charge is 0.480 e. The summed E-state index contributed by atoms with van der Waals surface area (Å²) in [6.45, 7) is 3.09. The van der Waals surface area contributed by atoms with Gasteiger partial charge < -0.3 is 107 Å². The lowest BCUT2D eigenvalue weighted by atomic mass is 10.0. The third-order valence-electron chi connectivity index (χ3n) is 18.7. The Labute approximate surface area is 621 Å². The first-order valence-corrected chi connectivity index (χ1v) is 38.4. The standard InChI is InChI=1S/C67H102N22O15S2/c1-37(2)29-45(83-55(93)41(16-8-24-74-66(69)70)80-61(99)50-20-12-28-88(50)63(101)44(17-9-25-75-67(71)72)82-57(95)43-21-22-52(90)78-43)58(96)86-48-35-106-105-34-47(59(97)84-46(65(103)104)30-38-13-4-3-5-14-38)85-56(94)42-18-10-27-89(64(48)102)51(31-39-32-73-36-77-39)62(100)79-40(15-6-7-23-68)54(92)76-33-53(91)87-26-11-19-49(87)60(98)81-42/h3-5,13-14,32,36-37,40-51H,6-12,15-31,33-35,68H2,1-2H3,(H,73,77)(H,76,92)(H,78,90)(H,79,100)(H,80,99)(H,81,98)(H,82,95)(H,83,93)(H,84,97)(H,85,94)(H,86,96)(H,103,104)(H4,69,70,74)(H4,71,72,75)/t40-,41-,42-,43-,44-,45-,46-,47-,48-,49-,50-,51-/m0/s1. The predicted molar refractivity (Wildman–Crippen MR) is 391 cm³/mol. The van der Waals surface area contributed by atoms with Crippen molar-refractivity contribution in [2.45, 2.75) is 202 Å². The van der Waals surface area contributed by atoms with Gasteiger partial charge in [-0.1, -0.05) is 65.8 Å². The van der Waals surface area contributed by atoms with Crippen molar-refractivity contribution in [2.24, 2.45) is 44.6 Å². The number of hydrogen-bond acceptors (Lipinski definition) is 20. The fourth-order valence-electron chi connectivity index (χ4n) is 13.1. The molecule has 2 bridgehead atoms. The fraction of sp³-hybridized carbons (Fsp3) is 0.627. The number of hydrogen-bond donors (Lipinski definition) is 17. The third-order valence-corrected chi connectivity index (χ3v) is 21.1. The Balaban J connectivity index is 1.24. The van der Waals surface area contributed by atoms with E-state index in [1.54, 1.807) is 44.2 Å². The van der Waals surface area contributed by atoms with Crippen LogP contribution in [-0.2, 0) is 80.0 Å². The van der Waals surface area contributed by atoms with Gasteiger partial charge in [0.2, 0.25) is 76.8 Å². The van der Waals surface area contributed by atoms with E-state index < -0.39 is 156 Å². The van der Waals surface area contributed by atoms with Crippen LogP contribution in [-0.4, -0.2) is 254 Å². The third kappa shape index (κ3) is 25.5. The van der Waals surface area contributed by atoms with Crippen LogP contribution in [0.25, 0.3) is 0 Å². The van der Waals surface area contributed by atoms with Crippen molar-refractivity contribution in [1.29, 1.82) is 0 Å². The molecule has 5 fully saturated rings. The van der Waals surface area contributed by atoms with Gasteiger partial charge in [-0.15, -0.1) is 0 Å². The van der Waals surface area contributed by atoms with Crippen LogP contribution in [0, 0.1) is 5.92 Å². The van der Waals surface area contributed by atoms with Gasteiger partial charge in [-0.2, -0.15) is 0 Å². The number of aliphatic carboxylic acids is 1. The molecule has 5 aliphatic rings. The van der Waals surface area contributed by atoms with Crippen LogP contribution < -0.4 is 81.8 Å². The van der Waals surface area contributed by atoms with E-state index in [2.05, 4.69) is 73.1 Å². The molecule has 5 aliphatic heterocycles. The van der Waals surface area contributed by atoms with Gasteiger partial charge in [0.25, 0.3) is 0 Å². The molecule has 106 heavy (non-hydrogen) atoms. The number of carboxylic acid groups (broad SMARTS) is 1. The summed E-state index contributed by atoms with van der Waals surface area (Å²) in [5.74, 6) is -12.6. The van der Waals surface area contributed by atoms with Gasteiger partial charge in [0.15, 0.2) is 11.9 Å². The number of imidazole rings is 1. The summed E-state index contributed by atoms with van der Waals surface area (Å²) < 4.78 is 0.